The Balaban J connectivity index is 2.11. The molecular formula is C15H16BrN3O2. The zero-order valence-corrected chi connectivity index (χ0v) is 13.4. The molecule has 0 aliphatic carbocycles. The summed E-state index contributed by atoms with van der Waals surface area (Å²) in [5, 5.41) is 12.6. The lowest BCUT2D eigenvalue weighted by Gasteiger charge is -2.16. The summed E-state index contributed by atoms with van der Waals surface area (Å²) in [6.45, 7) is 0.343. The lowest BCUT2D eigenvalue weighted by atomic mass is 10.2. The molecule has 1 heterocycles. The monoisotopic (exact) mass is 349 g/mol. The normalized spacial score (nSPS) is 10.2. The van der Waals surface area contributed by atoms with Crippen LogP contribution in [0.4, 0.5) is 5.82 Å². The second-order valence-corrected chi connectivity index (χ2v) is 5.64. The van der Waals surface area contributed by atoms with Gasteiger partial charge in [0, 0.05) is 36.9 Å². The molecule has 0 saturated carbocycles. The summed E-state index contributed by atoms with van der Waals surface area (Å²) in [5.41, 5.74) is 1.15. The van der Waals surface area contributed by atoms with Gasteiger partial charge in [-0.3, -0.25) is 4.79 Å². The zero-order chi connectivity index (χ0) is 15.4. The molecule has 21 heavy (non-hydrogen) atoms. The molecular weight excluding hydrogens is 334 g/mol. The van der Waals surface area contributed by atoms with E-state index in [1.54, 1.807) is 18.3 Å². The minimum atomic E-state index is -0.325. The number of carbonyl (C=O) groups is 1. The van der Waals surface area contributed by atoms with E-state index >= 15 is 0 Å². The van der Waals surface area contributed by atoms with Crippen molar-refractivity contribution in [3.05, 3.63) is 52.1 Å². The highest BCUT2D eigenvalue weighted by molar-refractivity contribution is 9.10. The number of anilines is 1. The van der Waals surface area contributed by atoms with Crippen molar-refractivity contribution in [3.63, 3.8) is 0 Å². The maximum absolute atomic E-state index is 12.1. The summed E-state index contributed by atoms with van der Waals surface area (Å²) in [5.74, 6) is 0.423. The molecule has 0 aliphatic heterocycles. The molecule has 1 amide bonds. The van der Waals surface area contributed by atoms with Crippen LogP contribution in [0, 0.1) is 0 Å². The Hall–Kier alpha value is -2.08. The smallest absolute Gasteiger partial charge is 0.255 e. The van der Waals surface area contributed by atoms with Crippen molar-refractivity contribution < 1.29 is 9.90 Å². The summed E-state index contributed by atoms with van der Waals surface area (Å²) in [4.78, 5) is 18.3. The van der Waals surface area contributed by atoms with Crippen LogP contribution in [0.1, 0.15) is 15.9 Å². The van der Waals surface area contributed by atoms with E-state index in [9.17, 15) is 9.90 Å². The molecule has 2 aromatic rings. The Labute approximate surface area is 131 Å². The first kappa shape index (κ1) is 15.3. The second kappa shape index (κ2) is 6.58. The first-order valence-corrected chi connectivity index (χ1v) is 7.16. The molecule has 0 saturated heterocycles. The third-order valence-electron chi connectivity index (χ3n) is 2.93. The number of hydrogen-bond donors (Lipinski definition) is 2. The number of carbonyl (C=O) groups excluding carboxylic acids is 1. The van der Waals surface area contributed by atoms with Crippen LogP contribution in [0.2, 0.25) is 0 Å². The van der Waals surface area contributed by atoms with Gasteiger partial charge in [0.2, 0.25) is 0 Å². The standard InChI is InChI=1S/C15H16BrN3O2/c1-19(2)14-10(4-3-7-17-14)9-18-15(21)12-6-5-11(16)8-13(12)20/h3-8,20H,9H2,1-2H3,(H,18,21). The van der Waals surface area contributed by atoms with Crippen molar-refractivity contribution >= 4 is 27.7 Å². The van der Waals surface area contributed by atoms with Crippen molar-refractivity contribution in [2.24, 2.45) is 0 Å². The molecule has 2 rings (SSSR count). The lowest BCUT2D eigenvalue weighted by Crippen LogP contribution is -2.24. The average molecular weight is 350 g/mol. The van der Waals surface area contributed by atoms with E-state index in [2.05, 4.69) is 26.2 Å². The van der Waals surface area contributed by atoms with Gasteiger partial charge in [-0.25, -0.2) is 4.98 Å². The van der Waals surface area contributed by atoms with Crippen LogP contribution >= 0.6 is 15.9 Å². The summed E-state index contributed by atoms with van der Waals surface area (Å²) < 4.78 is 0.721. The first-order chi connectivity index (χ1) is 9.99. The Morgan fingerprint density at radius 2 is 2.14 bits per heavy atom. The van der Waals surface area contributed by atoms with Crippen LogP contribution < -0.4 is 10.2 Å². The highest BCUT2D eigenvalue weighted by Crippen LogP contribution is 2.22. The van der Waals surface area contributed by atoms with Crippen LogP contribution in [0.3, 0.4) is 0 Å². The molecule has 1 aromatic heterocycles. The maximum atomic E-state index is 12.1. The number of halogens is 1. The van der Waals surface area contributed by atoms with Crippen molar-refractivity contribution in [2.45, 2.75) is 6.54 Å². The molecule has 0 fully saturated rings. The molecule has 0 spiro atoms. The van der Waals surface area contributed by atoms with Crippen molar-refractivity contribution in [1.29, 1.82) is 0 Å². The largest absolute Gasteiger partial charge is 0.507 e. The van der Waals surface area contributed by atoms with Gasteiger partial charge >= 0.3 is 0 Å². The summed E-state index contributed by atoms with van der Waals surface area (Å²) >= 11 is 3.24. The topological polar surface area (TPSA) is 65.5 Å². The van der Waals surface area contributed by atoms with Crippen LogP contribution in [-0.2, 0) is 6.54 Å². The number of nitrogens with one attached hydrogen (secondary N) is 1. The fourth-order valence-electron chi connectivity index (χ4n) is 1.94. The van der Waals surface area contributed by atoms with Gasteiger partial charge in [0.1, 0.15) is 11.6 Å². The molecule has 5 nitrogen and oxygen atoms in total. The SMILES string of the molecule is CN(C)c1ncccc1CNC(=O)c1ccc(Br)cc1O. The van der Waals surface area contributed by atoms with Crippen molar-refractivity contribution in [1.82, 2.24) is 10.3 Å². The Kier molecular flexibility index (Phi) is 4.80. The van der Waals surface area contributed by atoms with Crippen LogP contribution in [0.5, 0.6) is 5.75 Å². The molecule has 6 heteroatoms. The fourth-order valence-corrected chi connectivity index (χ4v) is 2.29. The molecule has 2 N–H and O–H groups in total. The second-order valence-electron chi connectivity index (χ2n) is 4.72. The predicted octanol–water partition coefficient (Wildman–Crippen LogP) is 2.55. The van der Waals surface area contributed by atoms with E-state index < -0.39 is 0 Å². The van der Waals surface area contributed by atoms with E-state index in [0.717, 1.165) is 15.9 Å². The third kappa shape index (κ3) is 3.72. The third-order valence-corrected chi connectivity index (χ3v) is 3.43. The summed E-state index contributed by atoms with van der Waals surface area (Å²) in [6.07, 6.45) is 1.71. The van der Waals surface area contributed by atoms with Gasteiger partial charge in [-0.05, 0) is 24.3 Å². The molecule has 0 aliphatic rings. The van der Waals surface area contributed by atoms with Gasteiger partial charge in [-0.2, -0.15) is 0 Å². The predicted molar refractivity (Wildman–Crippen MR) is 85.5 cm³/mol. The van der Waals surface area contributed by atoms with Crippen molar-refractivity contribution in [3.8, 4) is 5.75 Å². The van der Waals surface area contributed by atoms with E-state index in [1.807, 2.05) is 31.1 Å². The molecule has 0 bridgehead atoms. The Bertz CT molecular complexity index is 659. The number of hydrogen-bond acceptors (Lipinski definition) is 4. The van der Waals surface area contributed by atoms with Gasteiger partial charge in [-0.15, -0.1) is 0 Å². The number of phenols is 1. The van der Waals surface area contributed by atoms with Gasteiger partial charge in [0.25, 0.3) is 5.91 Å². The van der Waals surface area contributed by atoms with Crippen LogP contribution in [0.25, 0.3) is 0 Å². The number of aromatic nitrogens is 1. The zero-order valence-electron chi connectivity index (χ0n) is 11.8. The van der Waals surface area contributed by atoms with Gasteiger partial charge in [-0.1, -0.05) is 22.0 Å². The molecule has 0 unspecified atom stereocenters. The first-order valence-electron chi connectivity index (χ1n) is 6.37. The van der Waals surface area contributed by atoms with Crippen LogP contribution in [-0.4, -0.2) is 30.1 Å². The Morgan fingerprint density at radius 3 is 2.81 bits per heavy atom. The summed E-state index contributed by atoms with van der Waals surface area (Å²) in [7, 11) is 3.79. The number of amides is 1. The maximum Gasteiger partial charge on any atom is 0.255 e. The number of pyridine rings is 1. The van der Waals surface area contributed by atoms with E-state index in [1.165, 1.54) is 6.07 Å². The highest BCUT2D eigenvalue weighted by atomic mass is 79.9. The number of benzene rings is 1. The quantitative estimate of drug-likeness (QED) is 0.890. The fraction of sp³-hybridized carbons (Fsp3) is 0.200. The van der Waals surface area contributed by atoms with E-state index in [-0.39, 0.29) is 17.2 Å². The number of aromatic hydroxyl groups is 1. The minimum absolute atomic E-state index is 0.0547. The average Bonchev–Trinajstić information content (AvgIpc) is 2.45. The van der Waals surface area contributed by atoms with Crippen molar-refractivity contribution in [2.75, 3.05) is 19.0 Å². The molecule has 0 atom stereocenters. The molecule has 0 radical (unpaired) electrons. The van der Waals surface area contributed by atoms with Gasteiger partial charge in [0.15, 0.2) is 0 Å². The molecule has 110 valence electrons. The summed E-state index contributed by atoms with van der Waals surface area (Å²) in [6, 6.07) is 8.51. The Morgan fingerprint density at radius 1 is 1.38 bits per heavy atom. The molecule has 1 aromatic carbocycles. The van der Waals surface area contributed by atoms with Gasteiger partial charge < -0.3 is 15.3 Å². The van der Waals surface area contributed by atoms with E-state index in [0.29, 0.717) is 6.54 Å². The van der Waals surface area contributed by atoms with Crippen LogP contribution in [0.15, 0.2) is 41.0 Å². The van der Waals surface area contributed by atoms with E-state index in [4.69, 9.17) is 0 Å². The number of nitrogens with zero attached hydrogens (tertiary/aromatic N) is 2. The number of phenolic OH excluding ortho intramolecular Hbond substituents is 1. The lowest BCUT2D eigenvalue weighted by molar-refractivity contribution is 0.0948. The highest BCUT2D eigenvalue weighted by Gasteiger charge is 2.12. The minimum Gasteiger partial charge on any atom is -0.507 e. The number of rotatable bonds is 4. The van der Waals surface area contributed by atoms with Gasteiger partial charge in [0.05, 0.1) is 5.56 Å².